The zero-order valence-corrected chi connectivity index (χ0v) is 13.2. The van der Waals surface area contributed by atoms with E-state index in [0.717, 1.165) is 24.3 Å². The van der Waals surface area contributed by atoms with Crippen molar-refractivity contribution in [3.05, 3.63) is 58.7 Å². The van der Waals surface area contributed by atoms with Crippen LogP contribution in [0.3, 0.4) is 0 Å². The molecule has 0 spiro atoms. The molecule has 0 aromatic heterocycles. The zero-order valence-electron chi connectivity index (χ0n) is 11.5. The second kappa shape index (κ2) is 7.73. The fraction of sp³-hybridized carbons (Fsp3) is 0. The van der Waals surface area contributed by atoms with E-state index in [1.807, 2.05) is 10.3 Å². The summed E-state index contributed by atoms with van der Waals surface area (Å²) in [6, 6.07) is 3.66. The molecule has 0 radical (unpaired) electrons. The Labute approximate surface area is 144 Å². The summed E-state index contributed by atoms with van der Waals surface area (Å²) >= 11 is 8.57. The van der Waals surface area contributed by atoms with Crippen LogP contribution in [0.15, 0.2) is 34.3 Å². The minimum atomic E-state index is -0.986. The lowest BCUT2D eigenvalue weighted by molar-refractivity contribution is 0.586. The van der Waals surface area contributed by atoms with Crippen LogP contribution in [0.2, 0.25) is 0 Å². The number of aliphatic imine (C=N–C) groups is 2. The third-order valence-corrected chi connectivity index (χ3v) is 2.88. The maximum atomic E-state index is 13.7. The molecule has 2 aromatic carbocycles. The second-order valence-electron chi connectivity index (χ2n) is 4.23. The largest absolute Gasteiger partial charge is 0.204 e. The minimum absolute atomic E-state index is 0.0462. The lowest BCUT2D eigenvalue weighted by atomic mass is 10.1. The molecular formula is C16H4F4N2S2. The number of benzene rings is 2. The van der Waals surface area contributed by atoms with Crippen molar-refractivity contribution in [3.8, 4) is 11.8 Å². The van der Waals surface area contributed by atoms with Crippen molar-refractivity contribution in [1.29, 1.82) is 0 Å². The maximum Gasteiger partial charge on any atom is 0.153 e. The average molecular weight is 364 g/mol. The quantitative estimate of drug-likeness (QED) is 0.320. The van der Waals surface area contributed by atoms with Gasteiger partial charge in [0.1, 0.15) is 11.4 Å². The summed E-state index contributed by atoms with van der Waals surface area (Å²) in [5.74, 6) is 0.854. The third kappa shape index (κ3) is 3.99. The summed E-state index contributed by atoms with van der Waals surface area (Å²) in [5, 5.41) is 3.72. The van der Waals surface area contributed by atoms with E-state index >= 15 is 0 Å². The first kappa shape index (κ1) is 17.7. The molecule has 0 aliphatic heterocycles. The second-order valence-corrected chi connectivity index (χ2v) is 4.60. The first-order valence-corrected chi connectivity index (χ1v) is 6.93. The van der Waals surface area contributed by atoms with Crippen molar-refractivity contribution in [2.75, 3.05) is 0 Å². The summed E-state index contributed by atoms with van der Waals surface area (Å²) in [6.45, 7) is 0. The Balaban J connectivity index is 2.44. The summed E-state index contributed by atoms with van der Waals surface area (Å²) < 4.78 is 54.6. The summed E-state index contributed by atoms with van der Waals surface area (Å²) in [7, 11) is 0. The van der Waals surface area contributed by atoms with Gasteiger partial charge in [-0.3, -0.25) is 0 Å². The number of hydrogen-bond acceptors (Lipinski definition) is 4. The minimum Gasteiger partial charge on any atom is -0.204 e. The fourth-order valence-corrected chi connectivity index (χ4v) is 1.91. The van der Waals surface area contributed by atoms with E-state index in [9.17, 15) is 17.6 Å². The van der Waals surface area contributed by atoms with Crippen LogP contribution < -0.4 is 0 Å². The van der Waals surface area contributed by atoms with Crippen LogP contribution in [0.25, 0.3) is 0 Å². The Hall–Kier alpha value is -2.68. The highest BCUT2D eigenvalue weighted by Gasteiger charge is 2.10. The lowest BCUT2D eigenvalue weighted by Gasteiger charge is -2.00. The Morgan fingerprint density at radius 1 is 0.625 bits per heavy atom. The van der Waals surface area contributed by atoms with E-state index < -0.39 is 34.6 Å². The summed E-state index contributed by atoms with van der Waals surface area (Å²) in [5.41, 5.74) is -1.27. The van der Waals surface area contributed by atoms with Crippen molar-refractivity contribution >= 4 is 46.1 Å². The molecule has 2 rings (SSSR count). The standard InChI is InChI=1S/C16H4F4N2S2/c17-11-3-9(4-12(18)15(11)21-7-23)1-2-10-5-13(19)16(22-8-24)14(20)6-10/h3-6H. The molecule has 0 unspecified atom stereocenters. The third-order valence-electron chi connectivity index (χ3n) is 2.70. The molecule has 2 aromatic rings. The molecule has 24 heavy (non-hydrogen) atoms. The molecular weight excluding hydrogens is 360 g/mol. The van der Waals surface area contributed by atoms with E-state index in [2.05, 4.69) is 46.3 Å². The highest BCUT2D eigenvalue weighted by molar-refractivity contribution is 7.78. The highest BCUT2D eigenvalue weighted by Crippen LogP contribution is 2.24. The van der Waals surface area contributed by atoms with Crippen LogP contribution in [0, 0.1) is 35.1 Å². The van der Waals surface area contributed by atoms with Crippen LogP contribution in [-0.4, -0.2) is 10.3 Å². The predicted molar refractivity (Wildman–Crippen MR) is 88.1 cm³/mol. The SMILES string of the molecule is Fc1cc(C#Cc2cc(F)c(N=C=S)c(F)c2)cc(F)c1N=C=S. The van der Waals surface area contributed by atoms with Gasteiger partial charge in [0.15, 0.2) is 23.3 Å². The number of halogens is 4. The molecule has 2 nitrogen and oxygen atoms in total. The smallest absolute Gasteiger partial charge is 0.153 e. The van der Waals surface area contributed by atoms with Crippen molar-refractivity contribution in [1.82, 2.24) is 0 Å². The van der Waals surface area contributed by atoms with E-state index in [1.54, 1.807) is 0 Å². The van der Waals surface area contributed by atoms with Crippen LogP contribution in [-0.2, 0) is 0 Å². The molecule has 0 bridgehead atoms. The molecule has 118 valence electrons. The van der Waals surface area contributed by atoms with Gasteiger partial charge in [-0.25, -0.2) is 17.6 Å². The molecule has 0 amide bonds. The van der Waals surface area contributed by atoms with Crippen molar-refractivity contribution in [3.63, 3.8) is 0 Å². The monoisotopic (exact) mass is 364 g/mol. The van der Waals surface area contributed by atoms with Gasteiger partial charge in [-0.05, 0) is 48.7 Å². The van der Waals surface area contributed by atoms with Crippen LogP contribution in [0.4, 0.5) is 28.9 Å². The van der Waals surface area contributed by atoms with E-state index in [-0.39, 0.29) is 11.1 Å². The Kier molecular flexibility index (Phi) is 5.69. The molecule has 0 saturated heterocycles. The van der Waals surface area contributed by atoms with Crippen molar-refractivity contribution in [2.45, 2.75) is 0 Å². The molecule has 0 saturated carbocycles. The van der Waals surface area contributed by atoms with Gasteiger partial charge in [0, 0.05) is 11.1 Å². The average Bonchev–Trinajstić information content (AvgIpc) is 2.52. The summed E-state index contributed by atoms with van der Waals surface area (Å²) in [4.78, 5) is 6.52. The Bertz CT molecular complexity index is 856. The van der Waals surface area contributed by atoms with Gasteiger partial charge < -0.3 is 0 Å². The topological polar surface area (TPSA) is 24.7 Å². The molecule has 0 heterocycles. The Morgan fingerprint density at radius 2 is 0.917 bits per heavy atom. The maximum absolute atomic E-state index is 13.7. The van der Waals surface area contributed by atoms with Crippen LogP contribution >= 0.6 is 24.4 Å². The van der Waals surface area contributed by atoms with Gasteiger partial charge in [-0.1, -0.05) is 11.8 Å². The number of rotatable bonds is 2. The normalized spacial score (nSPS) is 9.33. The molecule has 0 aliphatic carbocycles. The van der Waals surface area contributed by atoms with Gasteiger partial charge in [0.05, 0.1) is 10.3 Å². The summed E-state index contributed by atoms with van der Waals surface area (Å²) in [6.07, 6.45) is 0. The van der Waals surface area contributed by atoms with E-state index in [1.165, 1.54) is 0 Å². The van der Waals surface area contributed by atoms with E-state index in [0.29, 0.717) is 0 Å². The molecule has 0 fully saturated rings. The van der Waals surface area contributed by atoms with E-state index in [4.69, 9.17) is 0 Å². The first-order valence-electron chi connectivity index (χ1n) is 6.12. The number of nitrogens with zero attached hydrogens (tertiary/aromatic N) is 2. The molecule has 0 atom stereocenters. The van der Waals surface area contributed by atoms with Crippen LogP contribution in [0.1, 0.15) is 11.1 Å². The van der Waals surface area contributed by atoms with Gasteiger partial charge in [-0.15, -0.1) is 0 Å². The first-order chi connectivity index (χ1) is 11.5. The fourth-order valence-electron chi connectivity index (χ4n) is 1.72. The van der Waals surface area contributed by atoms with Gasteiger partial charge in [0.25, 0.3) is 0 Å². The molecule has 8 heteroatoms. The lowest BCUT2D eigenvalue weighted by Crippen LogP contribution is -1.88. The van der Waals surface area contributed by atoms with Crippen LogP contribution in [0.5, 0.6) is 0 Å². The number of hydrogen-bond donors (Lipinski definition) is 0. The van der Waals surface area contributed by atoms with Gasteiger partial charge >= 0.3 is 0 Å². The zero-order chi connectivity index (χ0) is 17.7. The molecule has 0 N–H and O–H groups in total. The number of thiocarbonyl (C=S) groups is 2. The molecule has 0 aliphatic rings. The predicted octanol–water partition coefficient (Wildman–Crippen LogP) is 5.11. The van der Waals surface area contributed by atoms with Gasteiger partial charge in [0.2, 0.25) is 0 Å². The van der Waals surface area contributed by atoms with Crippen molar-refractivity contribution in [2.24, 2.45) is 9.98 Å². The highest BCUT2D eigenvalue weighted by atomic mass is 32.1. The van der Waals surface area contributed by atoms with Gasteiger partial charge in [-0.2, -0.15) is 9.98 Å². The number of isothiocyanates is 2. The van der Waals surface area contributed by atoms with Crippen molar-refractivity contribution < 1.29 is 17.6 Å². The Morgan fingerprint density at radius 3 is 1.17 bits per heavy atom.